The summed E-state index contributed by atoms with van der Waals surface area (Å²) in [5.41, 5.74) is 6.08. The Balaban J connectivity index is 2.18. The highest BCUT2D eigenvalue weighted by atomic mass is 16.3. The number of nitrogens with two attached hydrogens (primary N) is 1. The zero-order valence-electron chi connectivity index (χ0n) is 8.39. The maximum atomic E-state index is 11.9. The van der Waals surface area contributed by atoms with Crippen LogP contribution in [0, 0.1) is 0 Å². The number of hydrogen-bond donors (Lipinski definition) is 2. The summed E-state index contributed by atoms with van der Waals surface area (Å²) in [6, 6.07) is 6.65. The van der Waals surface area contributed by atoms with Crippen molar-refractivity contribution in [2.75, 3.05) is 13.1 Å². The minimum atomic E-state index is -0.138. The maximum absolute atomic E-state index is 11.9. The van der Waals surface area contributed by atoms with Crippen LogP contribution in [0.15, 0.2) is 24.3 Å². The first-order valence-electron chi connectivity index (χ1n) is 5.01. The molecule has 0 saturated carbocycles. The van der Waals surface area contributed by atoms with Crippen molar-refractivity contribution in [3.8, 4) is 5.75 Å². The zero-order chi connectivity index (χ0) is 10.8. The third-order valence-electron chi connectivity index (χ3n) is 2.65. The van der Waals surface area contributed by atoms with Gasteiger partial charge in [0.25, 0.3) is 5.91 Å². The van der Waals surface area contributed by atoms with Gasteiger partial charge in [0.05, 0.1) is 5.56 Å². The van der Waals surface area contributed by atoms with Gasteiger partial charge in [-0.2, -0.15) is 0 Å². The summed E-state index contributed by atoms with van der Waals surface area (Å²) in [4.78, 5) is 13.6. The average molecular weight is 206 g/mol. The fourth-order valence-electron chi connectivity index (χ4n) is 1.80. The van der Waals surface area contributed by atoms with Gasteiger partial charge < -0.3 is 15.7 Å². The predicted octanol–water partition coefficient (Wildman–Crippen LogP) is 0.565. The van der Waals surface area contributed by atoms with Gasteiger partial charge in [0, 0.05) is 19.1 Å². The standard InChI is InChI=1S/C11H14N2O2/c12-8-5-6-13(7-8)11(15)9-3-1-2-4-10(9)14/h1-4,8,14H,5-7,12H2. The van der Waals surface area contributed by atoms with Crippen molar-refractivity contribution >= 4 is 5.91 Å². The topological polar surface area (TPSA) is 66.6 Å². The van der Waals surface area contributed by atoms with E-state index in [0.717, 1.165) is 6.42 Å². The molecule has 1 aromatic carbocycles. The number of likely N-dealkylation sites (tertiary alicyclic amines) is 1. The number of benzene rings is 1. The molecular formula is C11H14N2O2. The van der Waals surface area contributed by atoms with E-state index in [0.29, 0.717) is 18.7 Å². The highest BCUT2D eigenvalue weighted by Gasteiger charge is 2.25. The summed E-state index contributed by atoms with van der Waals surface area (Å²) in [5.74, 6) is -0.107. The first-order chi connectivity index (χ1) is 7.18. The molecule has 0 aliphatic carbocycles. The van der Waals surface area contributed by atoms with Crippen LogP contribution in [-0.4, -0.2) is 35.0 Å². The molecule has 3 N–H and O–H groups in total. The number of amides is 1. The lowest BCUT2D eigenvalue weighted by atomic mass is 10.2. The number of hydrogen-bond acceptors (Lipinski definition) is 3. The smallest absolute Gasteiger partial charge is 0.257 e. The second-order valence-electron chi connectivity index (χ2n) is 3.82. The number of carbonyl (C=O) groups excluding carboxylic acids is 1. The Kier molecular flexibility index (Phi) is 2.60. The number of para-hydroxylation sites is 1. The van der Waals surface area contributed by atoms with E-state index in [9.17, 15) is 9.90 Å². The lowest BCUT2D eigenvalue weighted by molar-refractivity contribution is 0.0788. The summed E-state index contributed by atoms with van der Waals surface area (Å²) in [6.45, 7) is 1.25. The van der Waals surface area contributed by atoms with Gasteiger partial charge in [-0.25, -0.2) is 0 Å². The van der Waals surface area contributed by atoms with Crippen molar-refractivity contribution in [2.45, 2.75) is 12.5 Å². The Morgan fingerprint density at radius 3 is 2.80 bits per heavy atom. The van der Waals surface area contributed by atoms with Crippen molar-refractivity contribution in [1.29, 1.82) is 0 Å². The van der Waals surface area contributed by atoms with E-state index in [1.807, 2.05) is 0 Å². The number of nitrogens with zero attached hydrogens (tertiary/aromatic N) is 1. The van der Waals surface area contributed by atoms with Gasteiger partial charge in [0.1, 0.15) is 5.75 Å². The van der Waals surface area contributed by atoms with Crippen molar-refractivity contribution in [1.82, 2.24) is 4.90 Å². The van der Waals surface area contributed by atoms with Gasteiger partial charge in [-0.05, 0) is 18.6 Å². The molecule has 4 nitrogen and oxygen atoms in total. The number of phenolic OH excluding ortho intramolecular Hbond substituents is 1. The third kappa shape index (κ3) is 1.94. The Morgan fingerprint density at radius 2 is 2.20 bits per heavy atom. The minimum Gasteiger partial charge on any atom is -0.507 e. The molecule has 1 heterocycles. The molecule has 1 aromatic rings. The lowest BCUT2D eigenvalue weighted by Gasteiger charge is -2.16. The third-order valence-corrected chi connectivity index (χ3v) is 2.65. The highest BCUT2D eigenvalue weighted by molar-refractivity contribution is 5.96. The van der Waals surface area contributed by atoms with Crippen LogP contribution in [0.25, 0.3) is 0 Å². The monoisotopic (exact) mass is 206 g/mol. The molecule has 80 valence electrons. The summed E-state index contributed by atoms with van der Waals surface area (Å²) < 4.78 is 0. The molecule has 0 radical (unpaired) electrons. The molecule has 1 aliphatic heterocycles. The zero-order valence-corrected chi connectivity index (χ0v) is 8.39. The maximum Gasteiger partial charge on any atom is 0.257 e. The second-order valence-corrected chi connectivity index (χ2v) is 3.82. The SMILES string of the molecule is NC1CCN(C(=O)c2ccccc2O)C1. The van der Waals surface area contributed by atoms with E-state index in [1.165, 1.54) is 6.07 Å². The van der Waals surface area contributed by atoms with Crippen LogP contribution >= 0.6 is 0 Å². The normalized spacial score (nSPS) is 20.6. The van der Waals surface area contributed by atoms with E-state index in [2.05, 4.69) is 0 Å². The minimum absolute atomic E-state index is 0.0305. The highest BCUT2D eigenvalue weighted by Crippen LogP contribution is 2.19. The lowest BCUT2D eigenvalue weighted by Crippen LogP contribution is -2.31. The fourth-order valence-corrected chi connectivity index (χ4v) is 1.80. The molecule has 1 aliphatic rings. The number of phenols is 1. The Morgan fingerprint density at radius 1 is 1.47 bits per heavy atom. The first-order valence-corrected chi connectivity index (χ1v) is 5.01. The van der Waals surface area contributed by atoms with Gasteiger partial charge in [-0.15, -0.1) is 0 Å². The van der Waals surface area contributed by atoms with E-state index >= 15 is 0 Å². The van der Waals surface area contributed by atoms with Crippen molar-refractivity contribution < 1.29 is 9.90 Å². The van der Waals surface area contributed by atoms with Gasteiger partial charge in [0.15, 0.2) is 0 Å². The van der Waals surface area contributed by atoms with Crippen molar-refractivity contribution in [2.24, 2.45) is 5.73 Å². The summed E-state index contributed by atoms with van der Waals surface area (Å²) in [7, 11) is 0. The summed E-state index contributed by atoms with van der Waals surface area (Å²) >= 11 is 0. The van der Waals surface area contributed by atoms with Crippen molar-refractivity contribution in [3.05, 3.63) is 29.8 Å². The fraction of sp³-hybridized carbons (Fsp3) is 0.364. The van der Waals surface area contributed by atoms with Crippen LogP contribution in [0.2, 0.25) is 0 Å². The van der Waals surface area contributed by atoms with Crippen LogP contribution in [0.1, 0.15) is 16.8 Å². The molecule has 1 saturated heterocycles. The first kappa shape index (κ1) is 9.98. The van der Waals surface area contributed by atoms with Crippen LogP contribution in [-0.2, 0) is 0 Å². The van der Waals surface area contributed by atoms with E-state index < -0.39 is 0 Å². The Labute approximate surface area is 88.3 Å². The van der Waals surface area contributed by atoms with E-state index in [4.69, 9.17) is 5.73 Å². The second kappa shape index (κ2) is 3.90. The Hall–Kier alpha value is -1.55. The molecule has 1 fully saturated rings. The van der Waals surface area contributed by atoms with Gasteiger partial charge in [-0.1, -0.05) is 12.1 Å². The average Bonchev–Trinajstić information content (AvgIpc) is 2.65. The number of aromatic hydroxyl groups is 1. The number of rotatable bonds is 1. The molecule has 2 rings (SSSR count). The molecule has 1 amide bonds. The van der Waals surface area contributed by atoms with Crippen LogP contribution in [0.3, 0.4) is 0 Å². The molecule has 1 atom stereocenters. The number of carbonyl (C=O) groups is 1. The molecule has 4 heteroatoms. The predicted molar refractivity (Wildman–Crippen MR) is 56.6 cm³/mol. The van der Waals surface area contributed by atoms with Gasteiger partial charge in [-0.3, -0.25) is 4.79 Å². The van der Waals surface area contributed by atoms with Crippen LogP contribution in [0.5, 0.6) is 5.75 Å². The molecule has 15 heavy (non-hydrogen) atoms. The van der Waals surface area contributed by atoms with Crippen LogP contribution < -0.4 is 5.73 Å². The molecular weight excluding hydrogens is 192 g/mol. The van der Waals surface area contributed by atoms with E-state index in [-0.39, 0.29) is 17.7 Å². The molecule has 0 aromatic heterocycles. The largest absolute Gasteiger partial charge is 0.507 e. The van der Waals surface area contributed by atoms with E-state index in [1.54, 1.807) is 23.1 Å². The molecule has 0 bridgehead atoms. The van der Waals surface area contributed by atoms with Gasteiger partial charge in [0.2, 0.25) is 0 Å². The Bertz CT molecular complexity index is 379. The van der Waals surface area contributed by atoms with Crippen LogP contribution in [0.4, 0.5) is 0 Å². The molecule has 1 unspecified atom stereocenters. The summed E-state index contributed by atoms with van der Waals surface area (Å²) in [6.07, 6.45) is 0.833. The summed E-state index contributed by atoms with van der Waals surface area (Å²) in [5, 5.41) is 9.53. The quantitative estimate of drug-likeness (QED) is 0.705. The van der Waals surface area contributed by atoms with Gasteiger partial charge >= 0.3 is 0 Å². The van der Waals surface area contributed by atoms with Crippen molar-refractivity contribution in [3.63, 3.8) is 0 Å². The molecule has 0 spiro atoms.